The van der Waals surface area contributed by atoms with Crippen LogP contribution >= 0.6 is 0 Å². The van der Waals surface area contributed by atoms with Gasteiger partial charge in [-0.1, -0.05) is 39.0 Å². The van der Waals surface area contributed by atoms with Crippen LogP contribution in [-0.4, -0.2) is 24.5 Å². The molecule has 2 aromatic heterocycles. The molecule has 0 fully saturated rings. The summed E-state index contributed by atoms with van der Waals surface area (Å²) >= 11 is 0. The van der Waals surface area contributed by atoms with E-state index < -0.39 is 0 Å². The summed E-state index contributed by atoms with van der Waals surface area (Å²) in [4.78, 5) is 0. The Labute approximate surface area is 148 Å². The summed E-state index contributed by atoms with van der Waals surface area (Å²) in [6, 6.07) is 8.30. The van der Waals surface area contributed by atoms with Crippen LogP contribution in [0.25, 0.3) is 5.69 Å². The zero-order valence-corrected chi connectivity index (χ0v) is 15.6. The molecule has 0 unspecified atom stereocenters. The largest absolute Gasteiger partial charge is 0.375 e. The van der Waals surface area contributed by atoms with E-state index in [1.807, 2.05) is 30.1 Å². The van der Waals surface area contributed by atoms with Crippen LogP contribution in [-0.2, 0) is 20.0 Å². The number of rotatable bonds is 6. The van der Waals surface area contributed by atoms with E-state index in [2.05, 4.69) is 65.0 Å². The fourth-order valence-corrected chi connectivity index (χ4v) is 3.08. The molecule has 0 amide bonds. The number of hydrogen-bond donors (Lipinski definition) is 1. The van der Waals surface area contributed by atoms with Gasteiger partial charge in [-0.05, 0) is 25.0 Å². The molecule has 132 valence electrons. The molecular formula is C19H26N6. The van der Waals surface area contributed by atoms with Gasteiger partial charge in [0.05, 0.1) is 29.8 Å². The van der Waals surface area contributed by atoms with Gasteiger partial charge in [0.1, 0.15) is 5.82 Å². The lowest BCUT2D eigenvalue weighted by molar-refractivity contribution is 0.692. The van der Waals surface area contributed by atoms with Gasteiger partial charge in [0, 0.05) is 13.0 Å². The second-order valence-corrected chi connectivity index (χ2v) is 6.60. The summed E-state index contributed by atoms with van der Waals surface area (Å²) in [6.07, 6.45) is 2.79. The van der Waals surface area contributed by atoms with Crippen molar-refractivity contribution < 1.29 is 0 Å². The summed E-state index contributed by atoms with van der Waals surface area (Å²) in [5, 5.41) is 16.7. The highest BCUT2D eigenvalue weighted by atomic mass is 15.3. The molecule has 0 aliphatic heterocycles. The first kappa shape index (κ1) is 17.2. The van der Waals surface area contributed by atoms with Crippen molar-refractivity contribution in [3.63, 3.8) is 0 Å². The molecule has 0 saturated carbocycles. The van der Waals surface area contributed by atoms with Gasteiger partial charge in [0.2, 0.25) is 0 Å². The molecule has 2 heterocycles. The van der Waals surface area contributed by atoms with Crippen molar-refractivity contribution in [2.75, 3.05) is 5.32 Å². The lowest BCUT2D eigenvalue weighted by Gasteiger charge is -2.11. The van der Waals surface area contributed by atoms with Crippen LogP contribution in [0.5, 0.6) is 0 Å². The third-order valence-electron chi connectivity index (χ3n) is 4.50. The van der Waals surface area contributed by atoms with Crippen molar-refractivity contribution in [1.29, 1.82) is 0 Å². The van der Waals surface area contributed by atoms with E-state index in [-0.39, 0.29) is 0 Å². The van der Waals surface area contributed by atoms with Crippen LogP contribution in [0.1, 0.15) is 49.6 Å². The Bertz CT molecular complexity index is 859. The van der Waals surface area contributed by atoms with Crippen molar-refractivity contribution in [3.05, 3.63) is 53.4 Å². The van der Waals surface area contributed by atoms with Gasteiger partial charge in [-0.2, -0.15) is 5.10 Å². The molecule has 6 heteroatoms. The van der Waals surface area contributed by atoms with Gasteiger partial charge in [0.15, 0.2) is 5.82 Å². The van der Waals surface area contributed by atoms with Gasteiger partial charge in [0.25, 0.3) is 0 Å². The van der Waals surface area contributed by atoms with Crippen molar-refractivity contribution >= 4 is 5.69 Å². The van der Waals surface area contributed by atoms with E-state index in [0.717, 1.165) is 29.4 Å². The fraction of sp³-hybridized carbons (Fsp3) is 0.421. The molecule has 1 aromatic carbocycles. The van der Waals surface area contributed by atoms with Crippen molar-refractivity contribution in [3.8, 4) is 5.69 Å². The first-order chi connectivity index (χ1) is 12.0. The minimum Gasteiger partial charge on any atom is -0.375 e. The van der Waals surface area contributed by atoms with Crippen LogP contribution in [0, 0.1) is 6.92 Å². The molecule has 25 heavy (non-hydrogen) atoms. The van der Waals surface area contributed by atoms with Gasteiger partial charge in [-0.3, -0.25) is 0 Å². The highest BCUT2D eigenvalue weighted by Crippen LogP contribution is 2.22. The van der Waals surface area contributed by atoms with Crippen molar-refractivity contribution in [2.45, 2.75) is 46.6 Å². The molecule has 0 aliphatic rings. The van der Waals surface area contributed by atoms with E-state index in [4.69, 9.17) is 0 Å². The minimum atomic E-state index is 0.362. The predicted molar refractivity (Wildman–Crippen MR) is 100 cm³/mol. The topological polar surface area (TPSA) is 60.6 Å². The van der Waals surface area contributed by atoms with E-state index in [1.165, 1.54) is 11.3 Å². The number of hydrogen-bond acceptors (Lipinski definition) is 4. The van der Waals surface area contributed by atoms with Crippen LogP contribution in [0.2, 0.25) is 0 Å². The normalized spacial score (nSPS) is 11.3. The second kappa shape index (κ2) is 7.09. The van der Waals surface area contributed by atoms with Crippen LogP contribution in [0.15, 0.2) is 30.5 Å². The maximum absolute atomic E-state index is 4.60. The number of nitrogens with zero attached hydrogens (tertiary/aromatic N) is 5. The lowest BCUT2D eigenvalue weighted by Crippen LogP contribution is -2.10. The molecule has 0 aliphatic carbocycles. The molecule has 0 bridgehead atoms. The third kappa shape index (κ3) is 3.29. The predicted octanol–water partition coefficient (Wildman–Crippen LogP) is 3.61. The Balaban J connectivity index is 1.84. The first-order valence-electron chi connectivity index (χ1n) is 8.77. The maximum atomic E-state index is 4.60. The summed E-state index contributed by atoms with van der Waals surface area (Å²) in [5.41, 5.74) is 4.54. The summed E-state index contributed by atoms with van der Waals surface area (Å²) in [6.45, 7) is 9.14. The van der Waals surface area contributed by atoms with Crippen molar-refractivity contribution in [2.24, 2.45) is 7.05 Å². The molecule has 1 N–H and O–H groups in total. The fourth-order valence-electron chi connectivity index (χ4n) is 3.08. The first-order valence-corrected chi connectivity index (χ1v) is 8.77. The molecule has 0 radical (unpaired) electrons. The SMILES string of the molecule is CCc1c(NCc2nnc(C(C)C)n2C)cnn1-c1ccccc1C. The Morgan fingerprint density at radius 2 is 1.92 bits per heavy atom. The smallest absolute Gasteiger partial charge is 0.152 e. The number of aromatic nitrogens is 5. The van der Waals surface area contributed by atoms with Crippen LogP contribution < -0.4 is 5.32 Å². The minimum absolute atomic E-state index is 0.362. The molecule has 6 nitrogen and oxygen atoms in total. The summed E-state index contributed by atoms with van der Waals surface area (Å²) in [7, 11) is 2.02. The molecule has 3 rings (SSSR count). The third-order valence-corrected chi connectivity index (χ3v) is 4.50. The number of anilines is 1. The van der Waals surface area contributed by atoms with E-state index in [0.29, 0.717) is 12.5 Å². The average molecular weight is 338 g/mol. The quantitative estimate of drug-likeness (QED) is 0.746. The average Bonchev–Trinajstić information content (AvgIpc) is 3.16. The lowest BCUT2D eigenvalue weighted by atomic mass is 10.2. The molecular weight excluding hydrogens is 312 g/mol. The zero-order chi connectivity index (χ0) is 18.0. The Kier molecular flexibility index (Phi) is 4.88. The highest BCUT2D eigenvalue weighted by molar-refractivity contribution is 5.51. The highest BCUT2D eigenvalue weighted by Gasteiger charge is 2.15. The van der Waals surface area contributed by atoms with Crippen molar-refractivity contribution in [1.82, 2.24) is 24.5 Å². The van der Waals surface area contributed by atoms with Gasteiger partial charge in [-0.25, -0.2) is 4.68 Å². The van der Waals surface area contributed by atoms with Gasteiger partial charge in [-0.15, -0.1) is 10.2 Å². The summed E-state index contributed by atoms with van der Waals surface area (Å²) in [5.74, 6) is 2.29. The molecule has 0 saturated heterocycles. The second-order valence-electron chi connectivity index (χ2n) is 6.60. The van der Waals surface area contributed by atoms with Gasteiger partial charge < -0.3 is 9.88 Å². The van der Waals surface area contributed by atoms with Gasteiger partial charge >= 0.3 is 0 Å². The molecule has 0 atom stereocenters. The Hall–Kier alpha value is -2.63. The van der Waals surface area contributed by atoms with E-state index >= 15 is 0 Å². The van der Waals surface area contributed by atoms with E-state index in [9.17, 15) is 0 Å². The standard InChI is InChI=1S/C19H26N6/c1-6-16-15(11-21-25(16)17-10-8-7-9-14(17)4)20-12-18-22-23-19(13(2)3)24(18)5/h7-11,13,20H,6,12H2,1-5H3. The number of nitrogens with one attached hydrogen (secondary N) is 1. The van der Waals surface area contributed by atoms with Crippen LogP contribution in [0.3, 0.4) is 0 Å². The molecule has 3 aromatic rings. The van der Waals surface area contributed by atoms with Crippen LogP contribution in [0.4, 0.5) is 5.69 Å². The number of benzene rings is 1. The Morgan fingerprint density at radius 3 is 2.56 bits per heavy atom. The molecule has 0 spiro atoms. The maximum Gasteiger partial charge on any atom is 0.152 e. The Morgan fingerprint density at radius 1 is 1.16 bits per heavy atom. The monoisotopic (exact) mass is 338 g/mol. The zero-order valence-electron chi connectivity index (χ0n) is 15.6. The number of aryl methyl sites for hydroxylation is 1. The summed E-state index contributed by atoms with van der Waals surface area (Å²) < 4.78 is 4.09. The van der Waals surface area contributed by atoms with E-state index in [1.54, 1.807) is 0 Å². The number of para-hydroxylation sites is 1.